The molecule has 6 heteroatoms. The number of aliphatic carboxylic acids is 1. The quantitative estimate of drug-likeness (QED) is 0.863. The maximum absolute atomic E-state index is 11.9. The Labute approximate surface area is 103 Å². The Bertz CT molecular complexity index is 444. The van der Waals surface area contributed by atoms with Gasteiger partial charge in [-0.05, 0) is 26.2 Å². The summed E-state index contributed by atoms with van der Waals surface area (Å²) in [6.45, 7) is 1.92. The molecule has 0 spiro atoms. The van der Waals surface area contributed by atoms with Crippen molar-refractivity contribution in [2.24, 2.45) is 11.8 Å². The van der Waals surface area contributed by atoms with Crippen LogP contribution >= 0.6 is 11.3 Å². The smallest absolute Gasteiger partial charge is 0.306 e. The highest BCUT2D eigenvalue weighted by Gasteiger charge is 2.33. The summed E-state index contributed by atoms with van der Waals surface area (Å²) in [5.41, 5.74) is 0. The SMILES string of the molecule is Cc1cnc(NC(=O)C2CCC(C(=O)O)C2)s1. The molecule has 2 rings (SSSR count). The number of thiazole rings is 1. The van der Waals surface area contributed by atoms with E-state index in [-0.39, 0.29) is 17.7 Å². The Morgan fingerprint density at radius 3 is 2.71 bits per heavy atom. The van der Waals surface area contributed by atoms with E-state index in [0.717, 1.165) is 4.88 Å². The number of hydrogen-bond acceptors (Lipinski definition) is 4. The highest BCUT2D eigenvalue weighted by molar-refractivity contribution is 7.15. The van der Waals surface area contributed by atoms with Gasteiger partial charge in [-0.2, -0.15) is 0 Å². The molecule has 1 amide bonds. The second-order valence-electron chi connectivity index (χ2n) is 4.31. The molecule has 0 saturated heterocycles. The fourth-order valence-electron chi connectivity index (χ4n) is 2.06. The third-order valence-electron chi connectivity index (χ3n) is 3.00. The molecule has 92 valence electrons. The summed E-state index contributed by atoms with van der Waals surface area (Å²) in [6, 6.07) is 0. The number of carboxylic acids is 1. The lowest BCUT2D eigenvalue weighted by molar-refractivity contribution is -0.141. The van der Waals surface area contributed by atoms with Crippen molar-refractivity contribution in [3.8, 4) is 0 Å². The summed E-state index contributed by atoms with van der Waals surface area (Å²) < 4.78 is 0. The van der Waals surface area contributed by atoms with Crippen LogP contribution in [0.1, 0.15) is 24.1 Å². The number of aryl methyl sites for hydroxylation is 1. The van der Waals surface area contributed by atoms with Crippen molar-refractivity contribution >= 4 is 28.3 Å². The van der Waals surface area contributed by atoms with E-state index >= 15 is 0 Å². The molecule has 1 saturated carbocycles. The number of nitrogens with one attached hydrogen (secondary N) is 1. The van der Waals surface area contributed by atoms with Crippen molar-refractivity contribution in [2.45, 2.75) is 26.2 Å². The zero-order valence-corrected chi connectivity index (χ0v) is 10.3. The standard InChI is InChI=1S/C11H14N2O3S/c1-6-5-12-11(17-6)13-9(14)7-2-3-8(4-7)10(15)16/h5,7-8H,2-4H2,1H3,(H,15,16)(H,12,13,14). The van der Waals surface area contributed by atoms with Crippen LogP contribution in [0.5, 0.6) is 0 Å². The third kappa shape index (κ3) is 2.82. The Balaban J connectivity index is 1.91. The topological polar surface area (TPSA) is 79.3 Å². The minimum Gasteiger partial charge on any atom is -0.481 e. The Morgan fingerprint density at radius 1 is 1.47 bits per heavy atom. The number of nitrogens with zero attached hydrogens (tertiary/aromatic N) is 1. The number of aromatic nitrogens is 1. The van der Waals surface area contributed by atoms with E-state index < -0.39 is 5.97 Å². The van der Waals surface area contributed by atoms with Crippen molar-refractivity contribution < 1.29 is 14.7 Å². The molecule has 2 atom stereocenters. The van der Waals surface area contributed by atoms with Crippen LogP contribution in [0.25, 0.3) is 0 Å². The molecule has 1 aliphatic carbocycles. The molecule has 1 aromatic heterocycles. The van der Waals surface area contributed by atoms with Gasteiger partial charge in [-0.3, -0.25) is 9.59 Å². The lowest BCUT2D eigenvalue weighted by Crippen LogP contribution is -2.21. The fourth-order valence-corrected chi connectivity index (χ4v) is 2.73. The van der Waals surface area contributed by atoms with Gasteiger partial charge >= 0.3 is 5.97 Å². The van der Waals surface area contributed by atoms with Crippen LogP contribution in [0.3, 0.4) is 0 Å². The summed E-state index contributed by atoms with van der Waals surface area (Å²) >= 11 is 1.42. The van der Waals surface area contributed by atoms with E-state index in [1.165, 1.54) is 11.3 Å². The first kappa shape index (κ1) is 12.0. The van der Waals surface area contributed by atoms with Crippen LogP contribution in [0.4, 0.5) is 5.13 Å². The fraction of sp³-hybridized carbons (Fsp3) is 0.545. The van der Waals surface area contributed by atoms with Gasteiger partial charge in [-0.15, -0.1) is 11.3 Å². The summed E-state index contributed by atoms with van der Waals surface area (Å²) in [5.74, 6) is -1.47. The molecular formula is C11H14N2O3S. The molecule has 2 unspecified atom stereocenters. The van der Waals surface area contributed by atoms with Crippen LogP contribution < -0.4 is 5.32 Å². The second kappa shape index (κ2) is 4.83. The minimum atomic E-state index is -0.801. The predicted octanol–water partition coefficient (Wildman–Crippen LogP) is 1.89. The normalized spacial score (nSPS) is 23.6. The molecule has 1 aromatic rings. The molecule has 1 fully saturated rings. The van der Waals surface area contributed by atoms with E-state index in [1.54, 1.807) is 6.20 Å². The third-order valence-corrected chi connectivity index (χ3v) is 3.83. The van der Waals surface area contributed by atoms with Gasteiger partial charge < -0.3 is 10.4 Å². The molecule has 17 heavy (non-hydrogen) atoms. The van der Waals surface area contributed by atoms with Crippen LogP contribution in [0.2, 0.25) is 0 Å². The molecule has 1 heterocycles. The zero-order valence-electron chi connectivity index (χ0n) is 9.47. The highest BCUT2D eigenvalue weighted by atomic mass is 32.1. The predicted molar refractivity (Wildman–Crippen MR) is 63.9 cm³/mol. The van der Waals surface area contributed by atoms with Gasteiger partial charge in [0.2, 0.25) is 5.91 Å². The maximum Gasteiger partial charge on any atom is 0.306 e. The second-order valence-corrected chi connectivity index (χ2v) is 5.55. The monoisotopic (exact) mass is 254 g/mol. The average molecular weight is 254 g/mol. The minimum absolute atomic E-state index is 0.108. The lowest BCUT2D eigenvalue weighted by atomic mass is 10.0. The number of rotatable bonds is 3. The van der Waals surface area contributed by atoms with E-state index in [4.69, 9.17) is 5.11 Å². The first-order valence-corrected chi connectivity index (χ1v) is 6.34. The van der Waals surface area contributed by atoms with Gasteiger partial charge in [0.05, 0.1) is 5.92 Å². The molecule has 0 aliphatic heterocycles. The number of carboxylic acid groups (broad SMARTS) is 1. The van der Waals surface area contributed by atoms with Crippen molar-refractivity contribution in [1.82, 2.24) is 4.98 Å². The first-order chi connectivity index (χ1) is 8.06. The summed E-state index contributed by atoms with van der Waals surface area (Å²) in [4.78, 5) is 27.7. The molecule has 5 nitrogen and oxygen atoms in total. The summed E-state index contributed by atoms with van der Waals surface area (Å²) in [5, 5.41) is 12.2. The van der Waals surface area contributed by atoms with Gasteiger partial charge in [-0.25, -0.2) is 4.98 Å². The average Bonchev–Trinajstić information content (AvgIpc) is 2.86. The Morgan fingerprint density at radius 2 is 2.18 bits per heavy atom. The molecule has 1 aliphatic rings. The van der Waals surface area contributed by atoms with Gasteiger partial charge in [0.1, 0.15) is 0 Å². The first-order valence-electron chi connectivity index (χ1n) is 5.52. The van der Waals surface area contributed by atoms with Crippen LogP contribution in [-0.4, -0.2) is 22.0 Å². The van der Waals surface area contributed by atoms with E-state index in [2.05, 4.69) is 10.3 Å². The summed E-state index contributed by atoms with van der Waals surface area (Å²) in [6.07, 6.45) is 3.37. The summed E-state index contributed by atoms with van der Waals surface area (Å²) in [7, 11) is 0. The number of carbonyl (C=O) groups is 2. The van der Waals surface area contributed by atoms with Gasteiger partial charge in [0, 0.05) is 17.0 Å². The largest absolute Gasteiger partial charge is 0.481 e. The Kier molecular flexibility index (Phi) is 3.42. The van der Waals surface area contributed by atoms with Crippen LogP contribution in [-0.2, 0) is 9.59 Å². The number of carbonyl (C=O) groups excluding carboxylic acids is 1. The lowest BCUT2D eigenvalue weighted by Gasteiger charge is -2.08. The maximum atomic E-state index is 11.9. The van der Waals surface area contributed by atoms with E-state index in [1.807, 2.05) is 6.92 Å². The molecule has 0 radical (unpaired) electrons. The molecule has 2 N–H and O–H groups in total. The number of hydrogen-bond donors (Lipinski definition) is 2. The zero-order chi connectivity index (χ0) is 12.4. The van der Waals surface area contributed by atoms with Crippen LogP contribution in [0, 0.1) is 18.8 Å². The van der Waals surface area contributed by atoms with Gasteiger partial charge in [-0.1, -0.05) is 0 Å². The van der Waals surface area contributed by atoms with Crippen molar-refractivity contribution in [2.75, 3.05) is 5.32 Å². The number of anilines is 1. The Hall–Kier alpha value is -1.43. The van der Waals surface area contributed by atoms with E-state index in [0.29, 0.717) is 24.4 Å². The molecule has 0 bridgehead atoms. The molecule has 0 aromatic carbocycles. The van der Waals surface area contributed by atoms with Gasteiger partial charge in [0.25, 0.3) is 0 Å². The highest BCUT2D eigenvalue weighted by Crippen LogP contribution is 2.32. The van der Waals surface area contributed by atoms with Crippen molar-refractivity contribution in [3.63, 3.8) is 0 Å². The molecular weight excluding hydrogens is 240 g/mol. The van der Waals surface area contributed by atoms with Crippen LogP contribution in [0.15, 0.2) is 6.20 Å². The van der Waals surface area contributed by atoms with Gasteiger partial charge in [0.15, 0.2) is 5.13 Å². The van der Waals surface area contributed by atoms with E-state index in [9.17, 15) is 9.59 Å². The number of amides is 1. The van der Waals surface area contributed by atoms with Crippen molar-refractivity contribution in [3.05, 3.63) is 11.1 Å². The van der Waals surface area contributed by atoms with Crippen molar-refractivity contribution in [1.29, 1.82) is 0 Å².